The molecular weight excluding hydrogens is 278 g/mol. The third-order valence-corrected chi connectivity index (χ3v) is 2.86. The topological polar surface area (TPSA) is 64.9 Å². The summed E-state index contributed by atoms with van der Waals surface area (Å²) >= 11 is 0. The van der Waals surface area contributed by atoms with Crippen LogP contribution in [0.3, 0.4) is 0 Å². The van der Waals surface area contributed by atoms with Crippen molar-refractivity contribution in [1.29, 1.82) is 0 Å². The number of aromatic nitrogens is 4. The summed E-state index contributed by atoms with van der Waals surface area (Å²) in [7, 11) is 0. The predicted octanol–water partition coefficient (Wildman–Crippen LogP) is 3.19. The molecule has 0 radical (unpaired) electrons. The van der Waals surface area contributed by atoms with E-state index < -0.39 is 0 Å². The second-order valence-corrected chi connectivity index (χ2v) is 5.04. The quantitative estimate of drug-likeness (QED) is 0.783. The van der Waals surface area contributed by atoms with E-state index >= 15 is 0 Å². The summed E-state index contributed by atoms with van der Waals surface area (Å²) in [5.74, 6) is 1.33. The molecule has 0 saturated heterocycles. The van der Waals surface area contributed by atoms with Gasteiger partial charge in [-0.1, -0.05) is 6.07 Å². The highest BCUT2D eigenvalue weighted by Crippen LogP contribution is 2.20. The molecule has 0 spiro atoms. The Hall–Kier alpha value is -2.89. The van der Waals surface area contributed by atoms with Crippen LogP contribution < -0.4 is 10.1 Å². The van der Waals surface area contributed by atoms with Crippen LogP contribution in [0.5, 0.6) is 5.75 Å². The first-order valence-electron chi connectivity index (χ1n) is 7.06. The van der Waals surface area contributed by atoms with E-state index in [0.29, 0.717) is 5.95 Å². The van der Waals surface area contributed by atoms with Crippen LogP contribution in [-0.4, -0.2) is 25.9 Å². The maximum absolute atomic E-state index is 5.67. The van der Waals surface area contributed by atoms with Crippen LogP contribution in [0.15, 0.2) is 55.1 Å². The molecule has 0 aliphatic rings. The molecule has 1 N–H and O–H groups in total. The van der Waals surface area contributed by atoms with Crippen molar-refractivity contribution in [3.63, 3.8) is 0 Å². The summed E-state index contributed by atoms with van der Waals surface area (Å²) in [6.45, 7) is 3.99. The minimum Gasteiger partial charge on any atom is -0.491 e. The van der Waals surface area contributed by atoms with Crippen LogP contribution in [0.4, 0.5) is 11.6 Å². The fourth-order valence-electron chi connectivity index (χ4n) is 1.98. The van der Waals surface area contributed by atoms with E-state index in [1.807, 2.05) is 50.2 Å². The zero-order valence-electron chi connectivity index (χ0n) is 12.5. The van der Waals surface area contributed by atoms with Gasteiger partial charge in [0, 0.05) is 18.0 Å². The van der Waals surface area contributed by atoms with Crippen LogP contribution in [-0.2, 0) is 0 Å². The molecule has 3 aromatic rings. The lowest BCUT2D eigenvalue weighted by Gasteiger charge is -2.10. The van der Waals surface area contributed by atoms with Gasteiger partial charge in [0.15, 0.2) is 0 Å². The van der Waals surface area contributed by atoms with E-state index in [1.54, 1.807) is 23.4 Å². The summed E-state index contributed by atoms with van der Waals surface area (Å²) in [4.78, 5) is 8.32. The number of hydrogen-bond acceptors (Lipinski definition) is 5. The number of nitrogens with zero attached hydrogens (tertiary/aromatic N) is 4. The fourth-order valence-corrected chi connectivity index (χ4v) is 1.98. The van der Waals surface area contributed by atoms with Crippen LogP contribution in [0, 0.1) is 0 Å². The number of pyridine rings is 1. The molecule has 3 rings (SSSR count). The van der Waals surface area contributed by atoms with Gasteiger partial charge in [-0.3, -0.25) is 4.98 Å². The van der Waals surface area contributed by atoms with E-state index in [-0.39, 0.29) is 6.10 Å². The van der Waals surface area contributed by atoms with Gasteiger partial charge in [-0.15, -0.1) is 5.10 Å². The van der Waals surface area contributed by atoms with Crippen molar-refractivity contribution in [2.75, 3.05) is 5.32 Å². The molecule has 112 valence electrons. The normalized spacial score (nSPS) is 10.7. The molecule has 0 aliphatic carbocycles. The molecule has 2 aromatic heterocycles. The third kappa shape index (κ3) is 3.41. The maximum Gasteiger partial charge on any atom is 0.246 e. The Morgan fingerprint density at radius 3 is 2.86 bits per heavy atom. The maximum atomic E-state index is 5.67. The molecule has 0 fully saturated rings. The lowest BCUT2D eigenvalue weighted by Crippen LogP contribution is -2.05. The Kier molecular flexibility index (Phi) is 4.00. The number of hydrogen-bond donors (Lipinski definition) is 1. The van der Waals surface area contributed by atoms with Gasteiger partial charge in [0.05, 0.1) is 18.0 Å². The van der Waals surface area contributed by atoms with Crippen molar-refractivity contribution in [2.45, 2.75) is 20.0 Å². The largest absolute Gasteiger partial charge is 0.491 e. The summed E-state index contributed by atoms with van der Waals surface area (Å²) in [5.41, 5.74) is 1.74. The van der Waals surface area contributed by atoms with Gasteiger partial charge < -0.3 is 10.1 Å². The number of nitrogens with one attached hydrogen (secondary N) is 1. The summed E-state index contributed by atoms with van der Waals surface area (Å²) < 4.78 is 7.34. The zero-order valence-corrected chi connectivity index (χ0v) is 12.5. The predicted molar refractivity (Wildman–Crippen MR) is 84.6 cm³/mol. The van der Waals surface area contributed by atoms with Gasteiger partial charge in [-0.2, -0.15) is 4.98 Å². The Labute approximate surface area is 128 Å². The van der Waals surface area contributed by atoms with E-state index in [2.05, 4.69) is 20.4 Å². The molecule has 0 unspecified atom stereocenters. The molecule has 2 heterocycles. The molecule has 0 bridgehead atoms. The molecular formula is C16H17N5O. The highest BCUT2D eigenvalue weighted by molar-refractivity contribution is 5.55. The Balaban J connectivity index is 1.75. The number of ether oxygens (including phenoxy) is 1. The fraction of sp³-hybridized carbons (Fsp3) is 0.188. The van der Waals surface area contributed by atoms with Crippen LogP contribution in [0.25, 0.3) is 5.69 Å². The van der Waals surface area contributed by atoms with Gasteiger partial charge in [-0.25, -0.2) is 4.68 Å². The van der Waals surface area contributed by atoms with Crippen LogP contribution >= 0.6 is 0 Å². The molecule has 0 amide bonds. The number of anilines is 2. The second-order valence-electron chi connectivity index (χ2n) is 5.04. The van der Waals surface area contributed by atoms with E-state index in [9.17, 15) is 0 Å². The average molecular weight is 295 g/mol. The minimum absolute atomic E-state index is 0.137. The van der Waals surface area contributed by atoms with Crippen molar-refractivity contribution >= 4 is 11.6 Å². The van der Waals surface area contributed by atoms with Crippen molar-refractivity contribution in [1.82, 2.24) is 19.7 Å². The Bertz CT molecular complexity index is 739. The smallest absolute Gasteiger partial charge is 0.246 e. The van der Waals surface area contributed by atoms with Gasteiger partial charge in [0.2, 0.25) is 5.95 Å². The van der Waals surface area contributed by atoms with Crippen LogP contribution in [0.2, 0.25) is 0 Å². The van der Waals surface area contributed by atoms with Crippen molar-refractivity contribution in [2.24, 2.45) is 0 Å². The number of benzene rings is 1. The lowest BCUT2D eigenvalue weighted by molar-refractivity contribution is 0.242. The summed E-state index contributed by atoms with van der Waals surface area (Å²) in [6.07, 6.45) is 5.24. The van der Waals surface area contributed by atoms with Gasteiger partial charge in [-0.05, 0) is 38.1 Å². The molecule has 6 nitrogen and oxygen atoms in total. The molecule has 1 aromatic carbocycles. The lowest BCUT2D eigenvalue weighted by atomic mass is 10.3. The molecule has 0 aliphatic heterocycles. The van der Waals surface area contributed by atoms with Crippen molar-refractivity contribution in [3.8, 4) is 11.4 Å². The van der Waals surface area contributed by atoms with Crippen molar-refractivity contribution < 1.29 is 4.74 Å². The SMILES string of the molecule is CC(C)Oc1cccc(Nc2ncn(-c3cccnc3)n2)c1. The standard InChI is InChI=1S/C16H17N5O/c1-12(2)22-15-7-3-5-13(9-15)19-16-18-11-21(20-16)14-6-4-8-17-10-14/h3-12H,1-2H3,(H,19,20). The monoisotopic (exact) mass is 295 g/mol. The summed E-state index contributed by atoms with van der Waals surface area (Å²) in [5, 5.41) is 7.54. The van der Waals surface area contributed by atoms with E-state index in [0.717, 1.165) is 17.1 Å². The van der Waals surface area contributed by atoms with E-state index in [1.165, 1.54) is 0 Å². The first-order valence-corrected chi connectivity index (χ1v) is 7.06. The highest BCUT2D eigenvalue weighted by Gasteiger charge is 2.04. The van der Waals surface area contributed by atoms with Gasteiger partial charge >= 0.3 is 0 Å². The Morgan fingerprint density at radius 2 is 2.09 bits per heavy atom. The second kappa shape index (κ2) is 6.26. The van der Waals surface area contributed by atoms with E-state index in [4.69, 9.17) is 4.74 Å². The first-order chi connectivity index (χ1) is 10.7. The van der Waals surface area contributed by atoms with Gasteiger partial charge in [0.25, 0.3) is 0 Å². The summed E-state index contributed by atoms with van der Waals surface area (Å²) in [6, 6.07) is 11.5. The number of rotatable bonds is 5. The van der Waals surface area contributed by atoms with Gasteiger partial charge in [0.1, 0.15) is 12.1 Å². The zero-order chi connectivity index (χ0) is 15.4. The Morgan fingerprint density at radius 1 is 1.18 bits per heavy atom. The molecule has 0 saturated carbocycles. The van der Waals surface area contributed by atoms with Crippen molar-refractivity contribution in [3.05, 3.63) is 55.1 Å². The molecule has 22 heavy (non-hydrogen) atoms. The minimum atomic E-state index is 0.137. The first kappa shape index (κ1) is 14.1. The molecule has 6 heteroatoms. The average Bonchev–Trinajstić information content (AvgIpc) is 2.96. The highest BCUT2D eigenvalue weighted by atomic mass is 16.5. The molecule has 0 atom stereocenters. The third-order valence-electron chi connectivity index (χ3n) is 2.86. The van der Waals surface area contributed by atoms with Crippen LogP contribution in [0.1, 0.15) is 13.8 Å².